The lowest BCUT2D eigenvalue weighted by atomic mass is 10.3. The minimum absolute atomic E-state index is 0.0539. The van der Waals surface area contributed by atoms with Crippen molar-refractivity contribution >= 4 is 43.5 Å². The van der Waals surface area contributed by atoms with Gasteiger partial charge >= 0.3 is 0 Å². The molecule has 1 N–H and O–H groups in total. The summed E-state index contributed by atoms with van der Waals surface area (Å²) >= 11 is 6.73. The molecule has 0 saturated heterocycles. The maximum atomic E-state index is 11.6. The SMILES string of the molecule is CC(=NNC(=O)COc1ccc(Br)cc1Br)C1CC1. The molecule has 4 nitrogen and oxygen atoms in total. The Labute approximate surface area is 128 Å². The maximum absolute atomic E-state index is 11.6. The Hall–Kier alpha value is -0.880. The van der Waals surface area contributed by atoms with Crippen LogP contribution in [-0.4, -0.2) is 18.2 Å². The van der Waals surface area contributed by atoms with E-state index in [0.29, 0.717) is 11.7 Å². The van der Waals surface area contributed by atoms with E-state index in [1.54, 1.807) is 6.07 Å². The fraction of sp³-hybridized carbons (Fsp3) is 0.385. The van der Waals surface area contributed by atoms with Crippen molar-refractivity contribution in [3.8, 4) is 5.75 Å². The Morgan fingerprint density at radius 1 is 1.47 bits per heavy atom. The van der Waals surface area contributed by atoms with Gasteiger partial charge in [0.1, 0.15) is 5.75 Å². The van der Waals surface area contributed by atoms with Gasteiger partial charge in [-0.15, -0.1) is 0 Å². The van der Waals surface area contributed by atoms with Gasteiger partial charge in [0.25, 0.3) is 5.91 Å². The number of hydrogen-bond donors (Lipinski definition) is 1. The van der Waals surface area contributed by atoms with Gasteiger partial charge in [0.2, 0.25) is 0 Å². The molecule has 2 rings (SSSR count). The number of ether oxygens (including phenoxy) is 1. The second-order valence-corrected chi connectivity index (χ2v) is 6.20. The second kappa shape index (κ2) is 6.52. The summed E-state index contributed by atoms with van der Waals surface area (Å²) < 4.78 is 7.16. The first-order valence-corrected chi connectivity index (χ1v) is 7.55. The third-order valence-electron chi connectivity index (χ3n) is 2.78. The predicted octanol–water partition coefficient (Wildman–Crippen LogP) is 3.49. The molecule has 1 aliphatic carbocycles. The van der Waals surface area contributed by atoms with E-state index in [9.17, 15) is 4.79 Å². The minimum atomic E-state index is -0.255. The van der Waals surface area contributed by atoms with Gasteiger partial charge in [0.15, 0.2) is 6.61 Å². The van der Waals surface area contributed by atoms with Crippen molar-refractivity contribution in [2.24, 2.45) is 11.0 Å². The van der Waals surface area contributed by atoms with Crippen molar-refractivity contribution in [1.29, 1.82) is 0 Å². The molecular formula is C13H14Br2N2O2. The summed E-state index contributed by atoms with van der Waals surface area (Å²) in [5.41, 5.74) is 3.49. The molecule has 0 bridgehead atoms. The summed E-state index contributed by atoms with van der Waals surface area (Å²) in [4.78, 5) is 11.6. The molecule has 0 spiro atoms. The number of hydrazone groups is 1. The molecule has 102 valence electrons. The first-order valence-electron chi connectivity index (χ1n) is 5.97. The van der Waals surface area contributed by atoms with Crippen LogP contribution in [-0.2, 0) is 4.79 Å². The Bertz CT molecular complexity index is 513. The van der Waals surface area contributed by atoms with E-state index < -0.39 is 0 Å². The van der Waals surface area contributed by atoms with Gasteiger partial charge in [-0.25, -0.2) is 5.43 Å². The zero-order valence-corrected chi connectivity index (χ0v) is 13.6. The monoisotopic (exact) mass is 388 g/mol. The molecule has 0 aromatic heterocycles. The topological polar surface area (TPSA) is 50.7 Å². The number of carbonyl (C=O) groups excluding carboxylic acids is 1. The number of benzene rings is 1. The van der Waals surface area contributed by atoms with E-state index in [-0.39, 0.29) is 12.5 Å². The highest BCUT2D eigenvalue weighted by molar-refractivity contribution is 9.11. The predicted molar refractivity (Wildman–Crippen MR) is 81.3 cm³/mol. The Morgan fingerprint density at radius 2 is 2.21 bits per heavy atom. The molecule has 0 unspecified atom stereocenters. The van der Waals surface area contributed by atoms with Gasteiger partial charge in [-0.05, 0) is 59.8 Å². The van der Waals surface area contributed by atoms with E-state index in [1.165, 1.54) is 12.8 Å². The molecule has 1 amide bonds. The average Bonchev–Trinajstić information content (AvgIpc) is 3.19. The van der Waals surface area contributed by atoms with Gasteiger partial charge in [0.05, 0.1) is 4.47 Å². The molecule has 0 atom stereocenters. The van der Waals surface area contributed by atoms with Crippen molar-refractivity contribution in [2.45, 2.75) is 19.8 Å². The van der Waals surface area contributed by atoms with Crippen molar-refractivity contribution in [2.75, 3.05) is 6.61 Å². The summed E-state index contributed by atoms with van der Waals surface area (Å²) in [6.45, 7) is 1.88. The molecule has 0 radical (unpaired) electrons. The van der Waals surface area contributed by atoms with E-state index in [4.69, 9.17) is 4.74 Å². The first-order chi connectivity index (χ1) is 9.06. The van der Waals surface area contributed by atoms with Gasteiger partial charge in [0, 0.05) is 10.2 Å². The van der Waals surface area contributed by atoms with E-state index in [1.807, 2.05) is 19.1 Å². The minimum Gasteiger partial charge on any atom is -0.483 e. The molecule has 19 heavy (non-hydrogen) atoms. The van der Waals surface area contributed by atoms with Crippen molar-refractivity contribution < 1.29 is 9.53 Å². The fourth-order valence-corrected chi connectivity index (χ4v) is 2.67. The van der Waals surface area contributed by atoms with Crippen LogP contribution in [0.4, 0.5) is 0 Å². The van der Waals surface area contributed by atoms with Crippen molar-refractivity contribution in [3.05, 3.63) is 27.1 Å². The number of carbonyl (C=O) groups is 1. The molecule has 1 saturated carbocycles. The Morgan fingerprint density at radius 3 is 2.84 bits per heavy atom. The quantitative estimate of drug-likeness (QED) is 0.618. The van der Waals surface area contributed by atoms with Gasteiger partial charge in [-0.2, -0.15) is 5.10 Å². The van der Waals surface area contributed by atoms with Crippen LogP contribution in [0.3, 0.4) is 0 Å². The molecule has 1 aliphatic rings. The summed E-state index contributed by atoms with van der Waals surface area (Å²) in [6, 6.07) is 5.51. The lowest BCUT2D eigenvalue weighted by Crippen LogP contribution is -2.25. The van der Waals surface area contributed by atoms with Crippen LogP contribution in [0.1, 0.15) is 19.8 Å². The summed E-state index contributed by atoms with van der Waals surface area (Å²) in [5, 5.41) is 4.05. The van der Waals surface area contributed by atoms with Gasteiger partial charge in [-0.1, -0.05) is 15.9 Å². The van der Waals surface area contributed by atoms with Crippen LogP contribution in [0.2, 0.25) is 0 Å². The smallest absolute Gasteiger partial charge is 0.277 e. The summed E-state index contributed by atoms with van der Waals surface area (Å²) in [6.07, 6.45) is 2.35. The van der Waals surface area contributed by atoms with Crippen molar-refractivity contribution in [3.63, 3.8) is 0 Å². The molecule has 1 aromatic carbocycles. The number of nitrogens with zero attached hydrogens (tertiary/aromatic N) is 1. The fourth-order valence-electron chi connectivity index (χ4n) is 1.51. The van der Waals surface area contributed by atoms with Crippen LogP contribution in [0.5, 0.6) is 5.75 Å². The lowest BCUT2D eigenvalue weighted by molar-refractivity contribution is -0.123. The van der Waals surface area contributed by atoms with Gasteiger partial charge < -0.3 is 4.74 Å². The van der Waals surface area contributed by atoms with Crippen LogP contribution in [0, 0.1) is 5.92 Å². The standard InChI is InChI=1S/C13H14Br2N2O2/c1-8(9-2-3-9)16-17-13(18)7-19-12-5-4-10(14)6-11(12)15/h4-6,9H,2-3,7H2,1H3,(H,17,18). The second-order valence-electron chi connectivity index (χ2n) is 4.43. The van der Waals surface area contributed by atoms with E-state index in [0.717, 1.165) is 14.7 Å². The van der Waals surface area contributed by atoms with E-state index in [2.05, 4.69) is 42.4 Å². The first kappa shape index (κ1) is 14.5. The molecule has 0 aliphatic heterocycles. The zero-order chi connectivity index (χ0) is 13.8. The lowest BCUT2D eigenvalue weighted by Gasteiger charge is -2.07. The molecule has 6 heteroatoms. The van der Waals surface area contributed by atoms with Crippen LogP contribution in [0.25, 0.3) is 0 Å². The third-order valence-corrected chi connectivity index (χ3v) is 3.89. The number of amides is 1. The van der Waals surface area contributed by atoms with Crippen LogP contribution < -0.4 is 10.2 Å². The summed E-state index contributed by atoms with van der Waals surface area (Å²) in [5.74, 6) is 0.929. The molecule has 1 aromatic rings. The number of rotatable bonds is 5. The third kappa shape index (κ3) is 4.62. The van der Waals surface area contributed by atoms with Crippen LogP contribution >= 0.6 is 31.9 Å². The van der Waals surface area contributed by atoms with E-state index >= 15 is 0 Å². The van der Waals surface area contributed by atoms with Gasteiger partial charge in [-0.3, -0.25) is 4.79 Å². The number of hydrogen-bond acceptors (Lipinski definition) is 3. The maximum Gasteiger partial charge on any atom is 0.277 e. The zero-order valence-electron chi connectivity index (χ0n) is 10.5. The number of nitrogens with one attached hydrogen (secondary N) is 1. The normalized spacial score (nSPS) is 15.2. The highest BCUT2D eigenvalue weighted by Gasteiger charge is 2.24. The van der Waals surface area contributed by atoms with Crippen molar-refractivity contribution in [1.82, 2.24) is 5.43 Å². The highest BCUT2D eigenvalue weighted by atomic mass is 79.9. The Balaban J connectivity index is 1.81. The highest BCUT2D eigenvalue weighted by Crippen LogP contribution is 2.30. The largest absolute Gasteiger partial charge is 0.483 e. The average molecular weight is 390 g/mol. The van der Waals surface area contributed by atoms with Crippen LogP contribution in [0.15, 0.2) is 32.2 Å². The molecule has 1 fully saturated rings. The summed E-state index contributed by atoms with van der Waals surface area (Å²) in [7, 11) is 0. The Kier molecular flexibility index (Phi) is 4.99. The molecule has 0 heterocycles. The number of halogens is 2. The molecular weight excluding hydrogens is 376 g/mol.